The third-order valence-corrected chi connectivity index (χ3v) is 4.20. The molecule has 0 aromatic carbocycles. The molecule has 0 aliphatic carbocycles. The standard InChI is InChI=1S/C15H24N2O2/c1-2-13-5-6-14(19-13)8-16-9-15-10-17-7-3-4-12(17)11-18-15/h5-6,12,15-16H,2-4,7-11H2,1H3. The molecule has 4 heteroatoms. The Labute approximate surface area is 115 Å². The summed E-state index contributed by atoms with van der Waals surface area (Å²) in [7, 11) is 0. The Kier molecular flexibility index (Phi) is 4.21. The van der Waals surface area contributed by atoms with E-state index in [2.05, 4.69) is 29.3 Å². The number of fused-ring (bicyclic) bond motifs is 1. The van der Waals surface area contributed by atoms with E-state index in [1.165, 1.54) is 19.4 Å². The van der Waals surface area contributed by atoms with Crippen molar-refractivity contribution in [2.75, 3.05) is 26.2 Å². The van der Waals surface area contributed by atoms with Crippen LogP contribution in [0.2, 0.25) is 0 Å². The van der Waals surface area contributed by atoms with Gasteiger partial charge in [-0.25, -0.2) is 0 Å². The van der Waals surface area contributed by atoms with Crippen molar-refractivity contribution in [1.82, 2.24) is 10.2 Å². The van der Waals surface area contributed by atoms with E-state index in [0.29, 0.717) is 12.1 Å². The molecule has 2 atom stereocenters. The summed E-state index contributed by atoms with van der Waals surface area (Å²) in [6.07, 6.45) is 3.93. The van der Waals surface area contributed by atoms with Crippen LogP contribution in [0, 0.1) is 0 Å². The highest BCUT2D eigenvalue weighted by Gasteiger charge is 2.31. The maximum Gasteiger partial charge on any atom is 0.117 e. The van der Waals surface area contributed by atoms with E-state index in [0.717, 1.165) is 44.2 Å². The second-order valence-corrected chi connectivity index (χ2v) is 5.60. The van der Waals surface area contributed by atoms with Crippen LogP contribution in [0.3, 0.4) is 0 Å². The lowest BCUT2D eigenvalue weighted by Gasteiger charge is -2.35. The Balaban J connectivity index is 1.40. The average Bonchev–Trinajstić information content (AvgIpc) is 3.06. The first-order valence-electron chi connectivity index (χ1n) is 7.49. The van der Waals surface area contributed by atoms with E-state index < -0.39 is 0 Å². The van der Waals surface area contributed by atoms with E-state index in [1.807, 2.05) is 0 Å². The first-order chi connectivity index (χ1) is 9.35. The summed E-state index contributed by atoms with van der Waals surface area (Å²) in [6, 6.07) is 4.81. The summed E-state index contributed by atoms with van der Waals surface area (Å²) in [5, 5.41) is 3.44. The minimum absolute atomic E-state index is 0.329. The number of rotatable bonds is 5. The van der Waals surface area contributed by atoms with Gasteiger partial charge in [0, 0.05) is 25.6 Å². The Morgan fingerprint density at radius 3 is 3.11 bits per heavy atom. The minimum atomic E-state index is 0.329. The van der Waals surface area contributed by atoms with Gasteiger partial charge >= 0.3 is 0 Å². The van der Waals surface area contributed by atoms with E-state index in [1.54, 1.807) is 0 Å². The van der Waals surface area contributed by atoms with E-state index >= 15 is 0 Å². The molecule has 0 amide bonds. The molecule has 1 N–H and O–H groups in total. The highest BCUT2D eigenvalue weighted by atomic mass is 16.5. The normalized spacial score (nSPS) is 27.6. The lowest BCUT2D eigenvalue weighted by atomic mass is 10.2. The second-order valence-electron chi connectivity index (χ2n) is 5.60. The Hall–Kier alpha value is -0.840. The first kappa shape index (κ1) is 13.2. The lowest BCUT2D eigenvalue weighted by Crippen LogP contribution is -2.49. The van der Waals surface area contributed by atoms with Crippen molar-refractivity contribution in [2.24, 2.45) is 0 Å². The maximum absolute atomic E-state index is 5.92. The smallest absolute Gasteiger partial charge is 0.117 e. The molecule has 3 heterocycles. The van der Waals surface area contributed by atoms with Crippen molar-refractivity contribution < 1.29 is 9.15 Å². The number of nitrogens with zero attached hydrogens (tertiary/aromatic N) is 1. The topological polar surface area (TPSA) is 37.6 Å². The number of hydrogen-bond donors (Lipinski definition) is 1. The molecular weight excluding hydrogens is 240 g/mol. The SMILES string of the molecule is CCc1ccc(CNCC2CN3CCCC3CO2)o1. The highest BCUT2D eigenvalue weighted by Crippen LogP contribution is 2.22. The van der Waals surface area contributed by atoms with E-state index in [4.69, 9.17) is 9.15 Å². The van der Waals surface area contributed by atoms with Crippen LogP contribution in [0.1, 0.15) is 31.3 Å². The van der Waals surface area contributed by atoms with Crippen LogP contribution < -0.4 is 5.32 Å². The fraction of sp³-hybridized carbons (Fsp3) is 0.733. The predicted molar refractivity (Wildman–Crippen MR) is 74.1 cm³/mol. The van der Waals surface area contributed by atoms with Gasteiger partial charge in [-0.1, -0.05) is 6.92 Å². The van der Waals surface area contributed by atoms with Gasteiger partial charge in [0.2, 0.25) is 0 Å². The molecule has 2 saturated heterocycles. The van der Waals surface area contributed by atoms with Crippen molar-refractivity contribution in [3.8, 4) is 0 Å². The predicted octanol–water partition coefficient (Wildman–Crippen LogP) is 1.79. The molecule has 3 rings (SSSR count). The number of furan rings is 1. The van der Waals surface area contributed by atoms with Gasteiger partial charge in [-0.2, -0.15) is 0 Å². The molecule has 4 nitrogen and oxygen atoms in total. The molecule has 0 radical (unpaired) electrons. The molecule has 0 spiro atoms. The summed E-state index contributed by atoms with van der Waals surface area (Å²) in [5.74, 6) is 2.08. The fourth-order valence-electron chi connectivity index (χ4n) is 3.07. The molecule has 1 aromatic rings. The van der Waals surface area contributed by atoms with Crippen molar-refractivity contribution in [1.29, 1.82) is 0 Å². The summed E-state index contributed by atoms with van der Waals surface area (Å²) >= 11 is 0. The molecule has 2 unspecified atom stereocenters. The second kappa shape index (κ2) is 6.07. The molecule has 19 heavy (non-hydrogen) atoms. The van der Waals surface area contributed by atoms with Crippen LogP contribution in [0.4, 0.5) is 0 Å². The molecule has 0 saturated carbocycles. The zero-order chi connectivity index (χ0) is 13.1. The number of morpholine rings is 1. The third-order valence-electron chi connectivity index (χ3n) is 4.20. The molecule has 0 bridgehead atoms. The van der Waals surface area contributed by atoms with Gasteiger partial charge in [-0.05, 0) is 31.5 Å². The largest absolute Gasteiger partial charge is 0.465 e. The van der Waals surface area contributed by atoms with Crippen molar-refractivity contribution in [3.63, 3.8) is 0 Å². The summed E-state index contributed by atoms with van der Waals surface area (Å²) in [6.45, 7) is 7.05. The highest BCUT2D eigenvalue weighted by molar-refractivity contribution is 5.06. The zero-order valence-corrected chi connectivity index (χ0v) is 11.7. The van der Waals surface area contributed by atoms with Gasteiger partial charge in [0.25, 0.3) is 0 Å². The van der Waals surface area contributed by atoms with Crippen molar-refractivity contribution in [3.05, 3.63) is 23.7 Å². The van der Waals surface area contributed by atoms with Gasteiger partial charge in [-0.15, -0.1) is 0 Å². The zero-order valence-electron chi connectivity index (χ0n) is 11.7. The first-order valence-corrected chi connectivity index (χ1v) is 7.49. The molecule has 2 aliphatic rings. The summed E-state index contributed by atoms with van der Waals surface area (Å²) in [4.78, 5) is 2.58. The molecule has 106 valence electrons. The van der Waals surface area contributed by atoms with Gasteiger partial charge in [-0.3, -0.25) is 4.90 Å². The molecular formula is C15H24N2O2. The van der Waals surface area contributed by atoms with Crippen LogP contribution in [0.15, 0.2) is 16.5 Å². The quantitative estimate of drug-likeness (QED) is 0.880. The Morgan fingerprint density at radius 2 is 2.26 bits per heavy atom. The molecule has 2 aliphatic heterocycles. The molecule has 2 fully saturated rings. The van der Waals surface area contributed by atoms with Crippen LogP contribution >= 0.6 is 0 Å². The lowest BCUT2D eigenvalue weighted by molar-refractivity contribution is -0.0471. The summed E-state index contributed by atoms with van der Waals surface area (Å²) in [5.41, 5.74) is 0. The van der Waals surface area contributed by atoms with Gasteiger partial charge in [0.15, 0.2) is 0 Å². The van der Waals surface area contributed by atoms with Crippen LogP contribution in [-0.4, -0.2) is 43.3 Å². The van der Waals surface area contributed by atoms with E-state index in [-0.39, 0.29) is 0 Å². The van der Waals surface area contributed by atoms with Gasteiger partial charge < -0.3 is 14.5 Å². The number of hydrogen-bond acceptors (Lipinski definition) is 4. The molecule has 1 aromatic heterocycles. The summed E-state index contributed by atoms with van der Waals surface area (Å²) < 4.78 is 11.6. The third kappa shape index (κ3) is 3.19. The van der Waals surface area contributed by atoms with Crippen LogP contribution in [0.25, 0.3) is 0 Å². The monoisotopic (exact) mass is 264 g/mol. The minimum Gasteiger partial charge on any atom is -0.465 e. The fourth-order valence-corrected chi connectivity index (χ4v) is 3.07. The number of ether oxygens (including phenoxy) is 1. The number of nitrogens with one attached hydrogen (secondary N) is 1. The van der Waals surface area contributed by atoms with Crippen LogP contribution in [0.5, 0.6) is 0 Å². The van der Waals surface area contributed by atoms with Gasteiger partial charge in [0.05, 0.1) is 19.3 Å². The van der Waals surface area contributed by atoms with Gasteiger partial charge in [0.1, 0.15) is 11.5 Å². The van der Waals surface area contributed by atoms with Crippen molar-refractivity contribution in [2.45, 2.75) is 44.9 Å². The van der Waals surface area contributed by atoms with Crippen molar-refractivity contribution >= 4 is 0 Å². The Morgan fingerprint density at radius 1 is 1.37 bits per heavy atom. The number of aryl methyl sites for hydroxylation is 1. The average molecular weight is 264 g/mol. The van der Waals surface area contributed by atoms with E-state index in [9.17, 15) is 0 Å². The Bertz CT molecular complexity index is 405. The van der Waals surface area contributed by atoms with Crippen LogP contribution in [-0.2, 0) is 17.7 Å². The maximum atomic E-state index is 5.92.